The Balaban J connectivity index is 1.97. The van der Waals surface area contributed by atoms with Crippen molar-refractivity contribution in [3.8, 4) is 0 Å². The van der Waals surface area contributed by atoms with Gasteiger partial charge in [-0.1, -0.05) is 18.2 Å². The second-order valence-corrected chi connectivity index (χ2v) is 5.02. The highest BCUT2D eigenvalue weighted by Crippen LogP contribution is 2.15. The van der Waals surface area contributed by atoms with Crippen LogP contribution in [-0.2, 0) is 9.53 Å². The minimum Gasteiger partial charge on any atom is -0.378 e. The van der Waals surface area contributed by atoms with Crippen LogP contribution in [-0.4, -0.2) is 44.2 Å². The van der Waals surface area contributed by atoms with Gasteiger partial charge in [-0.3, -0.25) is 9.59 Å². The van der Waals surface area contributed by atoms with Crippen molar-refractivity contribution in [1.29, 1.82) is 0 Å². The lowest BCUT2D eigenvalue weighted by Gasteiger charge is -2.23. The van der Waals surface area contributed by atoms with E-state index in [0.717, 1.165) is 6.54 Å². The molecule has 2 rings (SSSR count). The summed E-state index contributed by atoms with van der Waals surface area (Å²) in [4.78, 5) is 24.2. The highest BCUT2D eigenvalue weighted by Gasteiger charge is 2.18. The van der Waals surface area contributed by atoms with Crippen molar-refractivity contribution in [3.63, 3.8) is 0 Å². The van der Waals surface area contributed by atoms with Crippen LogP contribution in [0, 0.1) is 0 Å². The molecule has 0 spiro atoms. The lowest BCUT2D eigenvalue weighted by molar-refractivity contribution is -0.117. The minimum atomic E-state index is -0.241. The molecular formula is C16H21N3O3. The van der Waals surface area contributed by atoms with Gasteiger partial charge in [0, 0.05) is 25.6 Å². The molecule has 6 nitrogen and oxygen atoms in total. The fraction of sp³-hybridized carbons (Fsp3) is 0.375. The summed E-state index contributed by atoms with van der Waals surface area (Å²) in [6, 6.07) is 6.94. The summed E-state index contributed by atoms with van der Waals surface area (Å²) < 4.78 is 5.32. The number of hydrogen-bond donors (Lipinski definition) is 3. The molecule has 0 saturated carbocycles. The maximum Gasteiger partial charge on any atom is 0.253 e. The average Bonchev–Trinajstić information content (AvgIpc) is 2.54. The lowest BCUT2D eigenvalue weighted by Crippen LogP contribution is -2.43. The first-order chi connectivity index (χ1) is 10.7. The molecule has 1 saturated heterocycles. The van der Waals surface area contributed by atoms with Gasteiger partial charge in [-0.25, -0.2) is 0 Å². The summed E-state index contributed by atoms with van der Waals surface area (Å²) >= 11 is 0. The fourth-order valence-corrected chi connectivity index (χ4v) is 2.23. The number of amides is 2. The Kier molecular flexibility index (Phi) is 6.12. The van der Waals surface area contributed by atoms with E-state index in [1.165, 1.54) is 0 Å². The molecule has 1 fully saturated rings. The number of morpholine rings is 1. The summed E-state index contributed by atoms with van der Waals surface area (Å²) in [6.07, 6.45) is 1.91. The Morgan fingerprint density at radius 2 is 2.23 bits per heavy atom. The van der Waals surface area contributed by atoms with Crippen LogP contribution in [0.3, 0.4) is 0 Å². The molecule has 1 atom stereocenters. The van der Waals surface area contributed by atoms with Gasteiger partial charge in [0.2, 0.25) is 5.91 Å². The summed E-state index contributed by atoms with van der Waals surface area (Å²) in [5.41, 5.74) is 0.941. The van der Waals surface area contributed by atoms with Gasteiger partial charge in [0.15, 0.2) is 0 Å². The van der Waals surface area contributed by atoms with E-state index in [-0.39, 0.29) is 17.9 Å². The van der Waals surface area contributed by atoms with Crippen LogP contribution < -0.4 is 16.0 Å². The van der Waals surface area contributed by atoms with Gasteiger partial charge in [-0.2, -0.15) is 0 Å². The smallest absolute Gasteiger partial charge is 0.253 e. The number of benzene rings is 1. The molecule has 0 bridgehead atoms. The molecule has 1 aliphatic rings. The number of para-hydroxylation sites is 1. The van der Waals surface area contributed by atoms with E-state index in [4.69, 9.17) is 4.74 Å². The van der Waals surface area contributed by atoms with Crippen molar-refractivity contribution < 1.29 is 14.3 Å². The number of rotatable bonds is 6. The van der Waals surface area contributed by atoms with Crippen molar-refractivity contribution >= 4 is 17.5 Å². The molecule has 1 aromatic rings. The van der Waals surface area contributed by atoms with Crippen LogP contribution in [0.4, 0.5) is 5.69 Å². The van der Waals surface area contributed by atoms with Crippen LogP contribution in [0.5, 0.6) is 0 Å². The standard InChI is InChI=1S/C16H21N3O3/c1-2-7-18-16(21)13-5-3-4-6-14(13)19-15(20)10-12-11-22-9-8-17-12/h2-6,12,17H,1,7-11H2,(H,18,21)(H,19,20). The Bertz CT molecular complexity index is 539. The second-order valence-electron chi connectivity index (χ2n) is 5.02. The molecule has 0 aromatic heterocycles. The average molecular weight is 303 g/mol. The monoisotopic (exact) mass is 303 g/mol. The van der Waals surface area contributed by atoms with Crippen LogP contribution in [0.2, 0.25) is 0 Å². The Morgan fingerprint density at radius 1 is 1.41 bits per heavy atom. The number of nitrogens with one attached hydrogen (secondary N) is 3. The van der Waals surface area contributed by atoms with Crippen LogP contribution in [0.15, 0.2) is 36.9 Å². The minimum absolute atomic E-state index is 0.00973. The third-order valence-electron chi connectivity index (χ3n) is 3.28. The molecule has 118 valence electrons. The van der Waals surface area contributed by atoms with E-state index < -0.39 is 0 Å². The summed E-state index contributed by atoms with van der Waals surface area (Å²) in [7, 11) is 0. The quantitative estimate of drug-likeness (QED) is 0.683. The Morgan fingerprint density at radius 3 is 2.95 bits per heavy atom. The van der Waals surface area contributed by atoms with E-state index in [9.17, 15) is 9.59 Å². The van der Waals surface area contributed by atoms with Crippen molar-refractivity contribution in [2.45, 2.75) is 12.5 Å². The Hall–Kier alpha value is -2.18. The highest BCUT2D eigenvalue weighted by atomic mass is 16.5. The SMILES string of the molecule is C=CCNC(=O)c1ccccc1NC(=O)CC1COCCN1. The molecule has 6 heteroatoms. The Labute approximate surface area is 129 Å². The maximum atomic E-state index is 12.1. The van der Waals surface area contributed by atoms with Crippen molar-refractivity contribution in [3.05, 3.63) is 42.5 Å². The number of hydrogen-bond acceptors (Lipinski definition) is 4. The van der Waals surface area contributed by atoms with Gasteiger partial charge in [0.25, 0.3) is 5.91 Å². The molecule has 0 aliphatic carbocycles. The molecule has 0 radical (unpaired) electrons. The zero-order chi connectivity index (χ0) is 15.8. The zero-order valence-electron chi connectivity index (χ0n) is 12.4. The summed E-state index contributed by atoms with van der Waals surface area (Å²) in [5, 5.41) is 8.72. The van der Waals surface area contributed by atoms with Gasteiger partial charge in [0.1, 0.15) is 0 Å². The molecule has 1 aliphatic heterocycles. The first-order valence-electron chi connectivity index (χ1n) is 7.30. The van der Waals surface area contributed by atoms with Gasteiger partial charge in [-0.15, -0.1) is 6.58 Å². The van der Waals surface area contributed by atoms with Gasteiger partial charge in [0.05, 0.1) is 24.5 Å². The fourth-order valence-electron chi connectivity index (χ4n) is 2.23. The molecule has 1 heterocycles. The van der Waals surface area contributed by atoms with E-state index in [0.29, 0.717) is 37.4 Å². The van der Waals surface area contributed by atoms with Gasteiger partial charge < -0.3 is 20.7 Å². The predicted octanol–water partition coefficient (Wildman–Crippen LogP) is 0.919. The number of carbonyl (C=O) groups is 2. The molecule has 22 heavy (non-hydrogen) atoms. The van der Waals surface area contributed by atoms with E-state index in [1.54, 1.807) is 30.3 Å². The van der Waals surface area contributed by atoms with Crippen LogP contribution in [0.25, 0.3) is 0 Å². The first-order valence-corrected chi connectivity index (χ1v) is 7.30. The van der Waals surface area contributed by atoms with Gasteiger partial charge in [-0.05, 0) is 12.1 Å². The topological polar surface area (TPSA) is 79.5 Å². The number of anilines is 1. The van der Waals surface area contributed by atoms with E-state index >= 15 is 0 Å². The van der Waals surface area contributed by atoms with E-state index in [2.05, 4.69) is 22.5 Å². The third-order valence-corrected chi connectivity index (χ3v) is 3.28. The molecule has 1 unspecified atom stereocenters. The summed E-state index contributed by atoms with van der Waals surface area (Å²) in [5.74, 6) is -0.387. The molecule has 2 amide bonds. The van der Waals surface area contributed by atoms with Crippen LogP contribution in [0.1, 0.15) is 16.8 Å². The second kappa shape index (κ2) is 8.31. The lowest BCUT2D eigenvalue weighted by atomic mass is 10.1. The number of ether oxygens (including phenoxy) is 1. The number of carbonyl (C=O) groups excluding carboxylic acids is 2. The first kappa shape index (κ1) is 16.2. The maximum absolute atomic E-state index is 12.1. The predicted molar refractivity (Wildman–Crippen MR) is 84.8 cm³/mol. The molecule has 3 N–H and O–H groups in total. The third kappa shape index (κ3) is 4.68. The largest absolute Gasteiger partial charge is 0.378 e. The summed E-state index contributed by atoms with van der Waals surface area (Å²) in [6.45, 7) is 5.88. The normalized spacial score (nSPS) is 17.5. The highest BCUT2D eigenvalue weighted by molar-refractivity contribution is 6.03. The van der Waals surface area contributed by atoms with Crippen molar-refractivity contribution in [2.75, 3.05) is 31.6 Å². The molecular weight excluding hydrogens is 282 g/mol. The zero-order valence-corrected chi connectivity index (χ0v) is 12.4. The van der Waals surface area contributed by atoms with Gasteiger partial charge >= 0.3 is 0 Å². The molecule has 1 aromatic carbocycles. The van der Waals surface area contributed by atoms with E-state index in [1.807, 2.05) is 0 Å². The van der Waals surface area contributed by atoms with Crippen LogP contribution >= 0.6 is 0 Å². The van der Waals surface area contributed by atoms with Crippen molar-refractivity contribution in [2.24, 2.45) is 0 Å². The van der Waals surface area contributed by atoms with Crippen molar-refractivity contribution in [1.82, 2.24) is 10.6 Å².